The summed E-state index contributed by atoms with van der Waals surface area (Å²) in [6.07, 6.45) is 1.40. The molecule has 1 aromatic carbocycles. The van der Waals surface area contributed by atoms with Crippen LogP contribution in [0.4, 0.5) is 0 Å². The molecule has 1 heterocycles. The number of rotatable bonds is 6. The average Bonchev–Trinajstić information content (AvgIpc) is 2.46. The fourth-order valence-electron chi connectivity index (χ4n) is 2.20. The lowest BCUT2D eigenvalue weighted by Crippen LogP contribution is -2.39. The molecule has 0 bridgehead atoms. The number of ether oxygens (including phenoxy) is 2. The van der Waals surface area contributed by atoms with Crippen molar-refractivity contribution in [2.24, 2.45) is 0 Å². The summed E-state index contributed by atoms with van der Waals surface area (Å²) in [6.45, 7) is 1.28. The summed E-state index contributed by atoms with van der Waals surface area (Å²) in [5, 5.41) is 3.34. The summed E-state index contributed by atoms with van der Waals surface area (Å²) in [7, 11) is -1.15. The molecule has 1 fully saturated rings. The lowest BCUT2D eigenvalue weighted by molar-refractivity contribution is 0.301. The predicted octanol–water partition coefficient (Wildman–Crippen LogP) is 1.24. The van der Waals surface area contributed by atoms with E-state index in [-0.39, 0.29) is 6.04 Å². The van der Waals surface area contributed by atoms with Gasteiger partial charge in [-0.15, -0.1) is 0 Å². The van der Waals surface area contributed by atoms with Crippen LogP contribution in [0.2, 0.25) is 0 Å². The molecule has 5 nitrogen and oxygen atoms in total. The van der Waals surface area contributed by atoms with Crippen molar-refractivity contribution < 1.29 is 17.9 Å². The van der Waals surface area contributed by atoms with E-state index in [2.05, 4.69) is 5.32 Å². The molecule has 1 saturated heterocycles. The van der Waals surface area contributed by atoms with Crippen molar-refractivity contribution in [3.05, 3.63) is 24.3 Å². The molecule has 0 unspecified atom stereocenters. The van der Waals surface area contributed by atoms with Crippen molar-refractivity contribution in [2.75, 3.05) is 31.8 Å². The Labute approximate surface area is 120 Å². The molecular formula is C14H21NO4S. The second-order valence-corrected chi connectivity index (χ2v) is 7.21. The van der Waals surface area contributed by atoms with Crippen LogP contribution in [0.15, 0.2) is 24.3 Å². The lowest BCUT2D eigenvalue weighted by atomic mass is 10.1. The zero-order valence-electron chi connectivity index (χ0n) is 11.7. The van der Waals surface area contributed by atoms with E-state index in [1.807, 2.05) is 24.3 Å². The zero-order chi connectivity index (χ0) is 14.4. The summed E-state index contributed by atoms with van der Waals surface area (Å²) >= 11 is 0. The minimum atomic E-state index is -2.78. The van der Waals surface area contributed by atoms with Crippen molar-refractivity contribution in [3.63, 3.8) is 0 Å². The number of hydrogen-bond donors (Lipinski definition) is 1. The Morgan fingerprint density at radius 1 is 1.15 bits per heavy atom. The first-order valence-corrected chi connectivity index (χ1v) is 8.62. The fourth-order valence-corrected chi connectivity index (χ4v) is 3.69. The molecule has 0 aromatic heterocycles. The van der Waals surface area contributed by atoms with Crippen molar-refractivity contribution in [2.45, 2.75) is 18.9 Å². The van der Waals surface area contributed by atoms with E-state index >= 15 is 0 Å². The Morgan fingerprint density at radius 3 is 2.35 bits per heavy atom. The molecule has 0 spiro atoms. The van der Waals surface area contributed by atoms with Crippen molar-refractivity contribution in [1.29, 1.82) is 0 Å². The summed E-state index contributed by atoms with van der Waals surface area (Å²) in [5.74, 6) is 2.20. The van der Waals surface area contributed by atoms with Crippen LogP contribution in [0.5, 0.6) is 11.5 Å². The maximum absolute atomic E-state index is 11.3. The molecule has 1 aliphatic heterocycles. The van der Waals surface area contributed by atoms with Gasteiger partial charge in [-0.05, 0) is 37.1 Å². The lowest BCUT2D eigenvalue weighted by Gasteiger charge is -2.23. The molecule has 1 N–H and O–H groups in total. The average molecular weight is 299 g/mol. The fraction of sp³-hybridized carbons (Fsp3) is 0.571. The molecule has 0 aliphatic carbocycles. The van der Waals surface area contributed by atoms with E-state index in [1.54, 1.807) is 7.11 Å². The molecule has 0 radical (unpaired) electrons. The predicted molar refractivity (Wildman–Crippen MR) is 78.2 cm³/mol. The topological polar surface area (TPSA) is 64.6 Å². The molecule has 1 aromatic rings. The zero-order valence-corrected chi connectivity index (χ0v) is 12.5. The third-order valence-corrected chi connectivity index (χ3v) is 5.13. The van der Waals surface area contributed by atoms with Crippen LogP contribution < -0.4 is 14.8 Å². The van der Waals surface area contributed by atoms with E-state index in [0.717, 1.165) is 18.0 Å². The van der Waals surface area contributed by atoms with Gasteiger partial charge in [0.05, 0.1) is 18.6 Å². The van der Waals surface area contributed by atoms with Crippen LogP contribution in [-0.4, -0.2) is 46.2 Å². The highest BCUT2D eigenvalue weighted by Crippen LogP contribution is 2.17. The van der Waals surface area contributed by atoms with Gasteiger partial charge < -0.3 is 14.8 Å². The van der Waals surface area contributed by atoms with Gasteiger partial charge in [0.1, 0.15) is 27.9 Å². The first-order chi connectivity index (χ1) is 9.59. The third kappa shape index (κ3) is 4.68. The maximum atomic E-state index is 11.3. The largest absolute Gasteiger partial charge is 0.497 e. The normalized spacial score (nSPS) is 18.6. The summed E-state index contributed by atoms with van der Waals surface area (Å²) in [5.41, 5.74) is 0. The molecule has 6 heteroatoms. The SMILES string of the molecule is COc1ccc(OCCNC2CCS(=O)(=O)CC2)cc1. The summed E-state index contributed by atoms with van der Waals surface area (Å²) in [6, 6.07) is 7.74. The van der Waals surface area contributed by atoms with Crippen LogP contribution in [0.25, 0.3) is 0 Å². The van der Waals surface area contributed by atoms with Gasteiger partial charge in [-0.25, -0.2) is 8.42 Å². The van der Waals surface area contributed by atoms with Crippen LogP contribution in [-0.2, 0) is 9.84 Å². The van der Waals surface area contributed by atoms with Gasteiger partial charge in [0.2, 0.25) is 0 Å². The Bertz CT molecular complexity index is 498. The highest BCUT2D eigenvalue weighted by Gasteiger charge is 2.22. The second kappa shape index (κ2) is 6.95. The quantitative estimate of drug-likeness (QED) is 0.801. The minimum Gasteiger partial charge on any atom is -0.497 e. The summed E-state index contributed by atoms with van der Waals surface area (Å²) in [4.78, 5) is 0. The van der Waals surface area contributed by atoms with Gasteiger partial charge in [0.25, 0.3) is 0 Å². The Balaban J connectivity index is 1.64. The second-order valence-electron chi connectivity index (χ2n) is 4.90. The number of methoxy groups -OCH3 is 1. The minimum absolute atomic E-state index is 0.290. The van der Waals surface area contributed by atoms with Crippen LogP contribution >= 0.6 is 0 Å². The maximum Gasteiger partial charge on any atom is 0.150 e. The third-order valence-electron chi connectivity index (χ3n) is 3.42. The molecule has 0 amide bonds. The Morgan fingerprint density at radius 2 is 1.75 bits per heavy atom. The van der Waals surface area contributed by atoms with E-state index < -0.39 is 9.84 Å². The van der Waals surface area contributed by atoms with Crippen LogP contribution in [0.1, 0.15) is 12.8 Å². The van der Waals surface area contributed by atoms with Gasteiger partial charge in [0.15, 0.2) is 0 Å². The number of hydrogen-bond acceptors (Lipinski definition) is 5. The van der Waals surface area contributed by atoms with Gasteiger partial charge in [-0.3, -0.25) is 0 Å². The van der Waals surface area contributed by atoms with E-state index in [0.29, 0.717) is 31.0 Å². The number of sulfone groups is 1. The molecule has 20 heavy (non-hydrogen) atoms. The van der Waals surface area contributed by atoms with E-state index in [1.165, 1.54) is 0 Å². The van der Waals surface area contributed by atoms with Crippen molar-refractivity contribution in [3.8, 4) is 11.5 Å². The summed E-state index contributed by atoms with van der Waals surface area (Å²) < 4.78 is 33.3. The van der Waals surface area contributed by atoms with Gasteiger partial charge in [0, 0.05) is 12.6 Å². The number of benzene rings is 1. The standard InChI is InChI=1S/C14H21NO4S/c1-18-13-2-4-14(5-3-13)19-9-8-15-12-6-10-20(16,17)11-7-12/h2-5,12,15H,6-11H2,1H3. The monoisotopic (exact) mass is 299 g/mol. The highest BCUT2D eigenvalue weighted by molar-refractivity contribution is 7.91. The Hall–Kier alpha value is -1.27. The van der Waals surface area contributed by atoms with Gasteiger partial charge in [-0.2, -0.15) is 0 Å². The Kier molecular flexibility index (Phi) is 5.25. The van der Waals surface area contributed by atoms with Crippen molar-refractivity contribution >= 4 is 9.84 Å². The van der Waals surface area contributed by atoms with Crippen molar-refractivity contribution in [1.82, 2.24) is 5.32 Å². The van der Waals surface area contributed by atoms with Gasteiger partial charge in [-0.1, -0.05) is 0 Å². The van der Waals surface area contributed by atoms with Crippen LogP contribution in [0.3, 0.4) is 0 Å². The molecule has 0 saturated carbocycles. The molecular weight excluding hydrogens is 278 g/mol. The van der Waals surface area contributed by atoms with E-state index in [4.69, 9.17) is 9.47 Å². The molecule has 1 aliphatic rings. The molecule has 2 rings (SSSR count). The first kappa shape index (κ1) is 15.1. The van der Waals surface area contributed by atoms with E-state index in [9.17, 15) is 8.42 Å². The highest BCUT2D eigenvalue weighted by atomic mass is 32.2. The van der Waals surface area contributed by atoms with Gasteiger partial charge >= 0.3 is 0 Å². The smallest absolute Gasteiger partial charge is 0.150 e. The van der Waals surface area contributed by atoms with Crippen LogP contribution in [0, 0.1) is 0 Å². The number of nitrogens with one attached hydrogen (secondary N) is 1. The molecule has 0 atom stereocenters. The molecule has 112 valence electrons. The first-order valence-electron chi connectivity index (χ1n) is 6.80.